The zero-order chi connectivity index (χ0) is 12.8. The van der Waals surface area contributed by atoms with Gasteiger partial charge in [0, 0.05) is 0 Å². The highest BCUT2D eigenvalue weighted by Gasteiger charge is 1.99. The predicted molar refractivity (Wildman–Crippen MR) is 67.2 cm³/mol. The molecule has 0 saturated heterocycles. The van der Waals surface area contributed by atoms with E-state index < -0.39 is 0 Å². The lowest BCUT2D eigenvalue weighted by Crippen LogP contribution is -2.09. The highest BCUT2D eigenvalue weighted by atomic mass is 16.5. The number of ether oxygens (including phenoxy) is 2. The topological polar surface area (TPSA) is 82.3 Å². The number of hydrogen-bond acceptors (Lipinski definition) is 6. The molecular formula is C12H14N4O2. The number of nitrogens with two attached hydrogens (primary N) is 1. The molecule has 0 aliphatic heterocycles. The largest absolute Gasteiger partial charge is 0.497 e. The number of nitrogen functional groups attached to an aromatic ring is 1. The van der Waals surface area contributed by atoms with Crippen LogP contribution in [0.15, 0.2) is 36.7 Å². The SMILES string of the molecule is COc1ccc(OCc2cnc(NN)cn2)cc1. The third-order valence-corrected chi connectivity index (χ3v) is 2.30. The summed E-state index contributed by atoms with van der Waals surface area (Å²) in [5.41, 5.74) is 3.14. The van der Waals surface area contributed by atoms with Crippen LogP contribution in [0.4, 0.5) is 5.82 Å². The number of anilines is 1. The summed E-state index contributed by atoms with van der Waals surface area (Å²) in [7, 11) is 1.62. The van der Waals surface area contributed by atoms with Crippen LogP contribution in [0.25, 0.3) is 0 Å². The first-order chi connectivity index (χ1) is 8.81. The Morgan fingerprint density at radius 1 is 1.11 bits per heavy atom. The van der Waals surface area contributed by atoms with Crippen molar-refractivity contribution in [3.05, 3.63) is 42.4 Å². The number of aromatic nitrogens is 2. The van der Waals surface area contributed by atoms with Gasteiger partial charge < -0.3 is 14.9 Å². The summed E-state index contributed by atoms with van der Waals surface area (Å²) in [6.45, 7) is 0.351. The lowest BCUT2D eigenvalue weighted by atomic mass is 10.3. The van der Waals surface area contributed by atoms with Crippen LogP contribution < -0.4 is 20.7 Å². The van der Waals surface area contributed by atoms with Crippen molar-refractivity contribution in [1.29, 1.82) is 0 Å². The van der Waals surface area contributed by atoms with Crippen molar-refractivity contribution < 1.29 is 9.47 Å². The van der Waals surface area contributed by atoms with E-state index >= 15 is 0 Å². The maximum absolute atomic E-state index is 5.56. The Morgan fingerprint density at radius 2 is 1.83 bits per heavy atom. The molecule has 18 heavy (non-hydrogen) atoms. The Morgan fingerprint density at radius 3 is 2.39 bits per heavy atom. The second-order valence-corrected chi connectivity index (χ2v) is 3.50. The number of rotatable bonds is 5. The van der Waals surface area contributed by atoms with Crippen LogP contribution in [0.2, 0.25) is 0 Å². The molecule has 0 atom stereocenters. The zero-order valence-corrected chi connectivity index (χ0v) is 9.96. The molecule has 0 saturated carbocycles. The number of nitrogens with one attached hydrogen (secondary N) is 1. The van der Waals surface area contributed by atoms with E-state index in [-0.39, 0.29) is 0 Å². The molecule has 0 bridgehead atoms. The molecule has 0 amide bonds. The lowest BCUT2D eigenvalue weighted by molar-refractivity contribution is 0.300. The normalized spacial score (nSPS) is 9.89. The fraction of sp³-hybridized carbons (Fsp3) is 0.167. The summed E-state index contributed by atoms with van der Waals surface area (Å²) in [5, 5.41) is 0. The van der Waals surface area contributed by atoms with Gasteiger partial charge in [0.1, 0.15) is 18.1 Å². The Bertz CT molecular complexity index is 437. The Balaban J connectivity index is 1.93. The summed E-state index contributed by atoms with van der Waals surface area (Å²) >= 11 is 0. The average Bonchev–Trinajstić information content (AvgIpc) is 2.46. The number of methoxy groups -OCH3 is 1. The minimum atomic E-state index is 0.351. The van der Waals surface area contributed by atoms with Gasteiger partial charge in [0.15, 0.2) is 5.82 Å². The van der Waals surface area contributed by atoms with Gasteiger partial charge in [-0.1, -0.05) is 0 Å². The van der Waals surface area contributed by atoms with Crippen LogP contribution in [-0.2, 0) is 6.61 Å². The highest BCUT2D eigenvalue weighted by molar-refractivity contribution is 5.31. The molecule has 0 fully saturated rings. The third kappa shape index (κ3) is 3.08. The van der Waals surface area contributed by atoms with E-state index in [2.05, 4.69) is 15.4 Å². The van der Waals surface area contributed by atoms with E-state index in [1.54, 1.807) is 19.5 Å². The smallest absolute Gasteiger partial charge is 0.158 e. The molecule has 0 radical (unpaired) electrons. The van der Waals surface area contributed by atoms with Crippen molar-refractivity contribution in [2.75, 3.05) is 12.5 Å². The first kappa shape index (κ1) is 12.1. The standard InChI is InChI=1S/C12H14N4O2/c1-17-10-2-4-11(5-3-10)18-8-9-6-15-12(16-13)7-14-9/h2-7H,8,13H2,1H3,(H,15,16). The van der Waals surface area contributed by atoms with Gasteiger partial charge in [-0.3, -0.25) is 4.98 Å². The Kier molecular flexibility index (Phi) is 3.93. The molecule has 6 nitrogen and oxygen atoms in total. The summed E-state index contributed by atoms with van der Waals surface area (Å²) < 4.78 is 10.6. The number of benzene rings is 1. The van der Waals surface area contributed by atoms with E-state index in [1.807, 2.05) is 24.3 Å². The molecule has 1 heterocycles. The van der Waals surface area contributed by atoms with Gasteiger partial charge in [-0.05, 0) is 24.3 Å². The van der Waals surface area contributed by atoms with Crippen LogP contribution in [0.5, 0.6) is 11.5 Å². The van der Waals surface area contributed by atoms with Crippen LogP contribution in [-0.4, -0.2) is 17.1 Å². The van der Waals surface area contributed by atoms with Gasteiger partial charge >= 0.3 is 0 Å². The maximum atomic E-state index is 5.56. The van der Waals surface area contributed by atoms with Crippen molar-refractivity contribution >= 4 is 5.82 Å². The Hall–Kier alpha value is -2.34. The number of hydrazine groups is 1. The molecule has 0 spiro atoms. The predicted octanol–water partition coefficient (Wildman–Crippen LogP) is 1.35. The Labute approximate surface area is 105 Å². The van der Waals surface area contributed by atoms with Crippen molar-refractivity contribution in [3.8, 4) is 11.5 Å². The molecular weight excluding hydrogens is 232 g/mol. The summed E-state index contributed by atoms with van der Waals surface area (Å²) in [4.78, 5) is 8.18. The average molecular weight is 246 g/mol. The highest BCUT2D eigenvalue weighted by Crippen LogP contribution is 2.17. The monoisotopic (exact) mass is 246 g/mol. The lowest BCUT2D eigenvalue weighted by Gasteiger charge is -2.06. The second kappa shape index (κ2) is 5.83. The van der Waals surface area contributed by atoms with E-state index in [9.17, 15) is 0 Å². The molecule has 0 aliphatic carbocycles. The fourth-order valence-electron chi connectivity index (χ4n) is 1.33. The summed E-state index contributed by atoms with van der Waals surface area (Å²) in [6.07, 6.45) is 3.16. The van der Waals surface area contributed by atoms with Crippen LogP contribution in [0, 0.1) is 0 Å². The van der Waals surface area contributed by atoms with Crippen LogP contribution in [0.1, 0.15) is 5.69 Å². The fourth-order valence-corrected chi connectivity index (χ4v) is 1.33. The van der Waals surface area contributed by atoms with Crippen molar-refractivity contribution in [2.45, 2.75) is 6.61 Å². The molecule has 94 valence electrons. The number of nitrogens with zero attached hydrogens (tertiary/aromatic N) is 2. The van der Waals surface area contributed by atoms with E-state index in [4.69, 9.17) is 15.3 Å². The maximum Gasteiger partial charge on any atom is 0.158 e. The van der Waals surface area contributed by atoms with Gasteiger partial charge in [0.2, 0.25) is 0 Å². The number of hydrogen-bond donors (Lipinski definition) is 2. The van der Waals surface area contributed by atoms with E-state index in [0.29, 0.717) is 12.4 Å². The second-order valence-electron chi connectivity index (χ2n) is 3.50. The molecule has 1 aromatic heterocycles. The van der Waals surface area contributed by atoms with E-state index in [1.165, 1.54) is 0 Å². The van der Waals surface area contributed by atoms with Crippen molar-refractivity contribution in [2.24, 2.45) is 5.84 Å². The van der Waals surface area contributed by atoms with Gasteiger partial charge in [0.05, 0.1) is 25.2 Å². The zero-order valence-electron chi connectivity index (χ0n) is 9.96. The summed E-state index contributed by atoms with van der Waals surface area (Å²) in [6, 6.07) is 7.34. The van der Waals surface area contributed by atoms with Crippen LogP contribution >= 0.6 is 0 Å². The molecule has 0 aliphatic rings. The van der Waals surface area contributed by atoms with Crippen molar-refractivity contribution in [1.82, 2.24) is 9.97 Å². The van der Waals surface area contributed by atoms with Gasteiger partial charge in [-0.25, -0.2) is 10.8 Å². The minimum Gasteiger partial charge on any atom is -0.497 e. The van der Waals surface area contributed by atoms with Crippen LogP contribution in [0.3, 0.4) is 0 Å². The quantitative estimate of drug-likeness (QED) is 0.612. The molecule has 1 aromatic carbocycles. The molecule has 0 unspecified atom stereocenters. The minimum absolute atomic E-state index is 0.351. The summed E-state index contributed by atoms with van der Waals surface area (Å²) in [5.74, 6) is 7.25. The molecule has 2 aromatic rings. The first-order valence-electron chi connectivity index (χ1n) is 5.36. The molecule has 6 heteroatoms. The van der Waals surface area contributed by atoms with Gasteiger partial charge in [0.25, 0.3) is 0 Å². The van der Waals surface area contributed by atoms with Gasteiger partial charge in [-0.2, -0.15) is 0 Å². The molecule has 3 N–H and O–H groups in total. The van der Waals surface area contributed by atoms with Gasteiger partial charge in [-0.15, -0.1) is 0 Å². The third-order valence-electron chi connectivity index (χ3n) is 2.30. The van der Waals surface area contributed by atoms with Crippen molar-refractivity contribution in [3.63, 3.8) is 0 Å². The van der Waals surface area contributed by atoms with E-state index in [0.717, 1.165) is 17.2 Å². The molecule has 2 rings (SSSR count). The first-order valence-corrected chi connectivity index (χ1v) is 5.36.